The molecule has 2 rings (SSSR count). The molecule has 5 N–H and O–H groups in total. The predicted octanol–water partition coefficient (Wildman–Crippen LogP) is 3.24. The van der Waals surface area contributed by atoms with E-state index in [0.717, 1.165) is 24.3 Å². The summed E-state index contributed by atoms with van der Waals surface area (Å²) in [6, 6.07) is 16.8. The minimum absolute atomic E-state index is 0.0792. The summed E-state index contributed by atoms with van der Waals surface area (Å²) < 4.78 is 5.60. The summed E-state index contributed by atoms with van der Waals surface area (Å²) in [5.41, 5.74) is 13.1. The molecule has 6 nitrogen and oxygen atoms in total. The first kappa shape index (κ1) is 17.3. The first-order chi connectivity index (χ1) is 11.7. The van der Waals surface area contributed by atoms with Crippen molar-refractivity contribution in [3.05, 3.63) is 54.6 Å². The fourth-order valence-electron chi connectivity index (χ4n) is 1.93. The number of guanidine groups is 2. The molecule has 24 heavy (non-hydrogen) atoms. The Morgan fingerprint density at radius 3 is 2.42 bits per heavy atom. The molecule has 2 aromatic carbocycles. The fraction of sp³-hybridized carbons (Fsp3) is 0.222. The number of rotatable bonds is 6. The van der Waals surface area contributed by atoms with Crippen LogP contribution in [0.1, 0.15) is 19.8 Å². The minimum Gasteiger partial charge on any atom is -0.494 e. The van der Waals surface area contributed by atoms with Crippen molar-refractivity contribution < 1.29 is 4.74 Å². The lowest BCUT2D eigenvalue weighted by molar-refractivity contribution is 0.309. The zero-order valence-electron chi connectivity index (χ0n) is 13.8. The lowest BCUT2D eigenvalue weighted by atomic mass is 10.3. The Morgan fingerprint density at radius 2 is 1.75 bits per heavy atom. The van der Waals surface area contributed by atoms with Crippen LogP contribution in [0.15, 0.2) is 64.6 Å². The molecule has 0 aromatic heterocycles. The van der Waals surface area contributed by atoms with Gasteiger partial charge >= 0.3 is 0 Å². The van der Waals surface area contributed by atoms with Gasteiger partial charge in [-0.3, -0.25) is 0 Å². The van der Waals surface area contributed by atoms with Crippen LogP contribution in [0.4, 0.5) is 11.4 Å². The molecule has 0 saturated heterocycles. The predicted molar refractivity (Wildman–Crippen MR) is 99.8 cm³/mol. The largest absolute Gasteiger partial charge is 0.494 e. The van der Waals surface area contributed by atoms with Crippen LogP contribution < -0.4 is 21.5 Å². The highest BCUT2D eigenvalue weighted by atomic mass is 16.5. The molecular formula is C18H23N5O. The standard InChI is InChI=1S/C18H23N5O/c1-2-3-13-24-16-11-9-15(10-12-16)22-18(20)23-17(19)21-14-7-5-4-6-8-14/h4-12H,2-3,13H2,1H3,(H5,19,20,21,22,23). The SMILES string of the molecule is CCCCOc1ccc(N=C(N)/N=C(\N)Nc2ccccc2)cc1. The van der Waals surface area contributed by atoms with Crippen molar-refractivity contribution in [3.63, 3.8) is 0 Å². The van der Waals surface area contributed by atoms with Crippen LogP contribution in [0, 0.1) is 0 Å². The van der Waals surface area contributed by atoms with Crippen molar-refractivity contribution in [1.29, 1.82) is 0 Å². The van der Waals surface area contributed by atoms with E-state index in [1.54, 1.807) is 0 Å². The molecule has 0 atom stereocenters. The van der Waals surface area contributed by atoms with Gasteiger partial charge in [-0.2, -0.15) is 4.99 Å². The van der Waals surface area contributed by atoms with Crippen molar-refractivity contribution in [2.45, 2.75) is 19.8 Å². The van der Waals surface area contributed by atoms with E-state index in [1.165, 1.54) is 0 Å². The Morgan fingerprint density at radius 1 is 1.04 bits per heavy atom. The van der Waals surface area contributed by atoms with E-state index in [9.17, 15) is 0 Å². The maximum atomic E-state index is 5.81. The molecule has 2 aromatic rings. The van der Waals surface area contributed by atoms with Crippen LogP contribution in [0.5, 0.6) is 5.75 Å². The average Bonchev–Trinajstić information content (AvgIpc) is 2.57. The molecule has 126 valence electrons. The number of benzene rings is 2. The number of nitrogens with two attached hydrogens (primary N) is 2. The van der Waals surface area contributed by atoms with Gasteiger partial charge in [-0.1, -0.05) is 31.5 Å². The monoisotopic (exact) mass is 325 g/mol. The molecule has 0 fully saturated rings. The molecule has 0 spiro atoms. The summed E-state index contributed by atoms with van der Waals surface area (Å²) in [5.74, 6) is 1.08. The molecule has 0 amide bonds. The van der Waals surface area contributed by atoms with Gasteiger partial charge < -0.3 is 21.5 Å². The number of nitrogens with zero attached hydrogens (tertiary/aromatic N) is 2. The number of anilines is 1. The van der Waals surface area contributed by atoms with E-state index < -0.39 is 0 Å². The second-order valence-corrected chi connectivity index (χ2v) is 5.15. The Balaban J connectivity index is 1.95. The van der Waals surface area contributed by atoms with Crippen LogP contribution in [-0.2, 0) is 0 Å². The van der Waals surface area contributed by atoms with E-state index in [1.807, 2.05) is 54.6 Å². The quantitative estimate of drug-likeness (QED) is 0.431. The first-order valence-electron chi connectivity index (χ1n) is 7.90. The number of aliphatic imine (C=N–C) groups is 2. The third-order valence-corrected chi connectivity index (χ3v) is 3.13. The highest BCUT2D eigenvalue weighted by Gasteiger charge is 1.98. The van der Waals surface area contributed by atoms with Gasteiger partial charge in [0.25, 0.3) is 0 Å². The van der Waals surface area contributed by atoms with Gasteiger partial charge in [0, 0.05) is 5.69 Å². The molecule has 0 aliphatic carbocycles. The molecule has 0 radical (unpaired) electrons. The van der Waals surface area contributed by atoms with Gasteiger partial charge in [0.05, 0.1) is 12.3 Å². The molecule has 0 aliphatic heterocycles. The Kier molecular flexibility index (Phi) is 6.64. The van der Waals surface area contributed by atoms with Crippen LogP contribution in [0.25, 0.3) is 0 Å². The lowest BCUT2D eigenvalue weighted by Gasteiger charge is -2.06. The molecular weight excluding hydrogens is 302 g/mol. The third-order valence-electron chi connectivity index (χ3n) is 3.13. The zero-order valence-corrected chi connectivity index (χ0v) is 13.8. The van der Waals surface area contributed by atoms with Gasteiger partial charge in [-0.05, 0) is 42.8 Å². The number of hydrogen-bond donors (Lipinski definition) is 3. The van der Waals surface area contributed by atoms with Crippen LogP contribution in [-0.4, -0.2) is 18.5 Å². The topological polar surface area (TPSA) is 98.0 Å². The van der Waals surface area contributed by atoms with Crippen molar-refractivity contribution in [2.75, 3.05) is 11.9 Å². The van der Waals surface area contributed by atoms with Crippen molar-refractivity contribution in [3.8, 4) is 5.75 Å². The number of para-hydroxylation sites is 1. The zero-order chi connectivity index (χ0) is 17.2. The molecule has 0 heterocycles. The third kappa shape index (κ3) is 6.00. The normalized spacial score (nSPS) is 12.0. The Labute approximate surface area is 142 Å². The molecule has 0 unspecified atom stereocenters. The Hall–Kier alpha value is -3.02. The van der Waals surface area contributed by atoms with E-state index in [2.05, 4.69) is 22.2 Å². The summed E-state index contributed by atoms with van der Waals surface area (Å²) in [4.78, 5) is 8.24. The second-order valence-electron chi connectivity index (χ2n) is 5.15. The Bertz CT molecular complexity index is 680. The number of unbranched alkanes of at least 4 members (excludes halogenated alkanes) is 1. The summed E-state index contributed by atoms with van der Waals surface area (Å²) in [6.07, 6.45) is 2.14. The molecule has 6 heteroatoms. The van der Waals surface area contributed by atoms with Crippen LogP contribution in [0.3, 0.4) is 0 Å². The maximum absolute atomic E-state index is 5.81. The van der Waals surface area contributed by atoms with Gasteiger partial charge in [-0.25, -0.2) is 4.99 Å². The van der Waals surface area contributed by atoms with Crippen molar-refractivity contribution in [2.24, 2.45) is 21.5 Å². The number of nitrogens with one attached hydrogen (secondary N) is 1. The average molecular weight is 325 g/mol. The first-order valence-corrected chi connectivity index (χ1v) is 7.90. The van der Waals surface area contributed by atoms with E-state index in [-0.39, 0.29) is 11.9 Å². The number of hydrogen-bond acceptors (Lipinski definition) is 2. The maximum Gasteiger partial charge on any atom is 0.223 e. The molecule has 0 aliphatic rings. The van der Waals surface area contributed by atoms with Crippen LogP contribution in [0.2, 0.25) is 0 Å². The highest BCUT2D eigenvalue weighted by Crippen LogP contribution is 2.18. The van der Waals surface area contributed by atoms with Crippen molar-refractivity contribution >= 4 is 23.3 Å². The molecule has 0 bridgehead atoms. The summed E-state index contributed by atoms with van der Waals surface area (Å²) in [6.45, 7) is 2.84. The van der Waals surface area contributed by atoms with E-state index >= 15 is 0 Å². The summed E-state index contributed by atoms with van der Waals surface area (Å²) in [5, 5.41) is 2.94. The fourth-order valence-corrected chi connectivity index (χ4v) is 1.93. The molecule has 0 saturated carbocycles. The van der Waals surface area contributed by atoms with E-state index in [0.29, 0.717) is 12.3 Å². The number of ether oxygens (including phenoxy) is 1. The van der Waals surface area contributed by atoms with Gasteiger partial charge in [0.2, 0.25) is 11.9 Å². The second kappa shape index (κ2) is 9.19. The van der Waals surface area contributed by atoms with Crippen molar-refractivity contribution in [1.82, 2.24) is 0 Å². The van der Waals surface area contributed by atoms with Gasteiger partial charge in [0.1, 0.15) is 5.75 Å². The smallest absolute Gasteiger partial charge is 0.223 e. The van der Waals surface area contributed by atoms with Crippen LogP contribution >= 0.6 is 0 Å². The van der Waals surface area contributed by atoms with Gasteiger partial charge in [0.15, 0.2) is 0 Å². The van der Waals surface area contributed by atoms with E-state index in [4.69, 9.17) is 16.2 Å². The summed E-state index contributed by atoms with van der Waals surface area (Å²) in [7, 11) is 0. The lowest BCUT2D eigenvalue weighted by Crippen LogP contribution is -2.25. The summed E-state index contributed by atoms with van der Waals surface area (Å²) >= 11 is 0. The van der Waals surface area contributed by atoms with Gasteiger partial charge in [-0.15, -0.1) is 0 Å². The highest BCUT2D eigenvalue weighted by molar-refractivity contribution is 6.01. The minimum atomic E-state index is 0.0792.